The number of likely N-dealkylation sites (N-methyl/N-ethyl adjacent to an activating group) is 1. The van der Waals surface area contributed by atoms with Gasteiger partial charge in [-0.1, -0.05) is 82.3 Å². The molecule has 0 bridgehead atoms. The minimum absolute atomic E-state index is 0.173. The van der Waals surface area contributed by atoms with Gasteiger partial charge in [0.25, 0.3) is 0 Å². The summed E-state index contributed by atoms with van der Waals surface area (Å²) in [6, 6.07) is 17.8. The molecular weight excluding hydrogens is 714 g/mol. The van der Waals surface area contributed by atoms with Crippen molar-refractivity contribution in [2.24, 2.45) is 33.9 Å². The van der Waals surface area contributed by atoms with Crippen LogP contribution in [-0.2, 0) is 28.5 Å². The first kappa shape index (κ1) is 45.3. The molecule has 12 heteroatoms. The van der Waals surface area contributed by atoms with Crippen LogP contribution in [0.15, 0.2) is 64.8 Å². The molecule has 0 amide bonds. The van der Waals surface area contributed by atoms with Crippen LogP contribution >= 0.6 is 0 Å². The molecule has 2 saturated heterocycles. The smallest absolute Gasteiger partial charge is 0.316 e. The van der Waals surface area contributed by atoms with Gasteiger partial charge in [-0.25, -0.2) is 0 Å². The van der Waals surface area contributed by atoms with Gasteiger partial charge in [0.15, 0.2) is 12.1 Å². The average Bonchev–Trinajstić information content (AvgIpc) is 3.18. The molecule has 2 aromatic carbocycles. The molecule has 2 aromatic rings. The molecule has 3 N–H and O–H groups in total. The lowest BCUT2D eigenvalue weighted by Crippen LogP contribution is -2.60. The zero-order valence-corrected chi connectivity index (χ0v) is 35.3. The second-order valence-corrected chi connectivity index (χ2v) is 16.6. The Hall–Kier alpha value is -3.36. The number of carbonyl (C=O) groups excluding carboxylic acids is 2. The number of carbonyl (C=O) groups is 2. The van der Waals surface area contributed by atoms with Gasteiger partial charge in [-0.05, 0) is 90.6 Å². The van der Waals surface area contributed by atoms with Crippen molar-refractivity contribution < 1.29 is 43.9 Å². The maximum Gasteiger partial charge on any atom is 0.316 e. The van der Waals surface area contributed by atoms with E-state index >= 15 is 0 Å². The molecule has 2 heterocycles. The summed E-state index contributed by atoms with van der Waals surface area (Å²) in [5, 5.41) is 44.7. The first-order valence-corrected chi connectivity index (χ1v) is 19.9. The van der Waals surface area contributed by atoms with Crippen molar-refractivity contribution in [3.05, 3.63) is 60.2 Å². The molecule has 2 aliphatic rings. The number of cyclic esters (lactones) is 1. The zero-order chi connectivity index (χ0) is 41.7. The second kappa shape index (κ2) is 18.9. The lowest BCUT2D eigenvalue weighted by molar-refractivity contribution is -0.295. The van der Waals surface area contributed by atoms with Crippen molar-refractivity contribution in [3.63, 3.8) is 0 Å². The number of hydrogen-bond donors (Lipinski definition) is 3. The number of aliphatic hydroxyl groups is 3. The third-order valence-corrected chi connectivity index (χ3v) is 12.1. The Morgan fingerprint density at radius 2 is 1.55 bits per heavy atom. The third kappa shape index (κ3) is 10.0. The summed E-state index contributed by atoms with van der Waals surface area (Å²) in [4.78, 5) is 29.8. The molecule has 0 aliphatic carbocycles. The van der Waals surface area contributed by atoms with Crippen molar-refractivity contribution >= 4 is 23.2 Å². The number of esters is 1. The highest BCUT2D eigenvalue weighted by Gasteiger charge is 2.51. The number of ketones is 1. The molecule has 0 radical (unpaired) electrons. The number of benzene rings is 2. The quantitative estimate of drug-likeness (QED) is 0.132. The standard InChI is InChI=1S/C44H65N3O9/c1-13-35-44(9,52)39(50)27(4)36(46-45-30(7)31-19-21-33(22-20-31)32-17-15-14-16-18-32)25(2)24-43(8,53-12)40(28(5)37(48)29(6)41(51)55-35)56-42-38(49)34(47(10)11)23-26(3)54-42/h14-22,25-29,34-35,38-40,42,49-50,52H,13,23-24H2,1-12H3/b45-30+,46-36+/t25-,26?,27+,28+,29-,34?,35-,38?,39-,40-,42?,43-,44-/m1/s1. The molecular formula is C44H65N3O9. The highest BCUT2D eigenvalue weighted by molar-refractivity contribution is 6.00. The van der Waals surface area contributed by atoms with E-state index in [4.69, 9.17) is 24.0 Å². The SMILES string of the molecule is CC[C@H]1OC(=O)[C@H](C)C(=O)[C@H](C)[C@@H](OC2OC(C)CC(N(C)C)C2O)[C@](C)(OC)C[C@@H](C)/C(=N\N=C(/C)c2ccc(-c3ccccc3)cc2)[C@H](C)[C@@H](O)[C@]1(C)O. The van der Waals surface area contributed by atoms with E-state index in [1.807, 2.05) is 101 Å². The van der Waals surface area contributed by atoms with Gasteiger partial charge in [0.05, 0.1) is 29.6 Å². The molecule has 0 spiro atoms. The van der Waals surface area contributed by atoms with Crippen molar-refractivity contribution in [2.75, 3.05) is 21.2 Å². The molecule has 56 heavy (non-hydrogen) atoms. The van der Waals surface area contributed by atoms with Gasteiger partial charge in [0, 0.05) is 30.7 Å². The predicted molar refractivity (Wildman–Crippen MR) is 217 cm³/mol. The summed E-state index contributed by atoms with van der Waals surface area (Å²) in [7, 11) is 5.29. The van der Waals surface area contributed by atoms with E-state index < -0.39 is 77.3 Å². The molecule has 310 valence electrons. The fourth-order valence-corrected chi connectivity index (χ4v) is 8.36. The molecule has 2 aliphatic heterocycles. The average molecular weight is 780 g/mol. The Balaban J connectivity index is 1.82. The highest BCUT2D eigenvalue weighted by Crippen LogP contribution is 2.38. The van der Waals surface area contributed by atoms with Crippen LogP contribution in [0, 0.1) is 23.7 Å². The van der Waals surface area contributed by atoms with Crippen LogP contribution in [0.25, 0.3) is 11.1 Å². The number of nitrogens with zero attached hydrogens (tertiary/aromatic N) is 3. The third-order valence-electron chi connectivity index (χ3n) is 12.1. The summed E-state index contributed by atoms with van der Waals surface area (Å²) < 4.78 is 24.9. The summed E-state index contributed by atoms with van der Waals surface area (Å²) in [6.45, 7) is 15.6. The summed E-state index contributed by atoms with van der Waals surface area (Å²) >= 11 is 0. The van der Waals surface area contributed by atoms with E-state index in [2.05, 4.69) is 5.10 Å². The molecule has 13 atom stereocenters. The molecule has 2 fully saturated rings. The monoisotopic (exact) mass is 779 g/mol. The molecule has 4 unspecified atom stereocenters. The number of hydrogen-bond acceptors (Lipinski definition) is 12. The Kier molecular flexibility index (Phi) is 15.3. The topological polar surface area (TPSA) is 160 Å². The molecule has 4 rings (SSSR count). The van der Waals surface area contributed by atoms with E-state index in [1.165, 1.54) is 21.0 Å². The number of rotatable bonds is 8. The molecule has 0 aromatic heterocycles. The van der Waals surface area contributed by atoms with Gasteiger partial charge >= 0.3 is 5.97 Å². The lowest BCUT2D eigenvalue weighted by atomic mass is 9.74. The summed E-state index contributed by atoms with van der Waals surface area (Å²) in [5.74, 6) is -4.72. The Morgan fingerprint density at radius 3 is 2.12 bits per heavy atom. The Bertz CT molecular complexity index is 1680. The van der Waals surface area contributed by atoms with Crippen molar-refractivity contribution in [1.29, 1.82) is 0 Å². The number of aliphatic hydroxyl groups excluding tert-OH is 2. The fraction of sp³-hybridized carbons (Fsp3) is 0.636. The van der Waals surface area contributed by atoms with Gasteiger partial charge in [-0.3, -0.25) is 9.59 Å². The van der Waals surface area contributed by atoms with Crippen LogP contribution < -0.4 is 0 Å². The highest BCUT2D eigenvalue weighted by atomic mass is 16.7. The number of methoxy groups -OCH3 is 1. The van der Waals surface area contributed by atoms with E-state index in [0.717, 1.165) is 16.7 Å². The van der Waals surface area contributed by atoms with E-state index in [0.29, 0.717) is 17.8 Å². The molecule has 12 nitrogen and oxygen atoms in total. The van der Waals surface area contributed by atoms with Crippen LogP contribution in [0.2, 0.25) is 0 Å². The van der Waals surface area contributed by atoms with Gasteiger partial charge in [-0.15, -0.1) is 0 Å². The van der Waals surface area contributed by atoms with E-state index in [1.54, 1.807) is 20.8 Å². The van der Waals surface area contributed by atoms with Crippen molar-refractivity contribution in [2.45, 2.75) is 136 Å². The minimum atomic E-state index is -1.92. The van der Waals surface area contributed by atoms with Gasteiger partial charge in [-0.2, -0.15) is 10.2 Å². The largest absolute Gasteiger partial charge is 0.459 e. The predicted octanol–water partition coefficient (Wildman–Crippen LogP) is 5.69. The van der Waals surface area contributed by atoms with Gasteiger partial charge in [0.1, 0.15) is 23.7 Å². The fourth-order valence-electron chi connectivity index (χ4n) is 8.36. The van der Waals surface area contributed by atoms with Gasteiger partial charge in [0.2, 0.25) is 0 Å². The normalized spacial score (nSPS) is 37.7. The van der Waals surface area contributed by atoms with Crippen LogP contribution in [0.3, 0.4) is 0 Å². The maximum absolute atomic E-state index is 14.2. The second-order valence-electron chi connectivity index (χ2n) is 16.6. The van der Waals surface area contributed by atoms with Crippen molar-refractivity contribution in [3.8, 4) is 11.1 Å². The summed E-state index contributed by atoms with van der Waals surface area (Å²) in [5.41, 5.74) is 0.960. The van der Waals surface area contributed by atoms with Crippen LogP contribution in [0.1, 0.15) is 87.1 Å². The van der Waals surface area contributed by atoms with Crippen molar-refractivity contribution in [1.82, 2.24) is 4.90 Å². The first-order valence-electron chi connectivity index (χ1n) is 19.9. The van der Waals surface area contributed by atoms with E-state index in [9.17, 15) is 24.9 Å². The Labute approximate surface area is 333 Å². The van der Waals surface area contributed by atoms with E-state index in [-0.39, 0.29) is 25.0 Å². The van der Waals surface area contributed by atoms with Crippen LogP contribution in [0.5, 0.6) is 0 Å². The Morgan fingerprint density at radius 1 is 0.946 bits per heavy atom. The van der Waals surface area contributed by atoms with Crippen LogP contribution in [0.4, 0.5) is 0 Å². The number of Topliss-reactive ketones (excluding diaryl/α,β-unsaturated/α-hetero) is 1. The zero-order valence-electron chi connectivity index (χ0n) is 35.3. The number of ether oxygens (including phenoxy) is 4. The van der Waals surface area contributed by atoms with Gasteiger partial charge < -0.3 is 39.2 Å². The lowest BCUT2D eigenvalue weighted by Gasteiger charge is -2.47. The first-order chi connectivity index (χ1) is 26.3. The minimum Gasteiger partial charge on any atom is -0.459 e. The maximum atomic E-state index is 14.2. The summed E-state index contributed by atoms with van der Waals surface area (Å²) in [6.07, 6.45) is -5.05. The molecule has 0 saturated carbocycles. The van der Waals surface area contributed by atoms with Crippen LogP contribution in [-0.4, -0.2) is 119 Å².